The minimum atomic E-state index is -0.250. The molecule has 0 saturated carbocycles. The normalized spacial score (nSPS) is 8.18. The van der Waals surface area contributed by atoms with E-state index in [0.29, 0.717) is 0 Å². The molecule has 0 bridgehead atoms. The predicted octanol–water partition coefficient (Wildman–Crippen LogP) is 1.85. The van der Waals surface area contributed by atoms with Crippen molar-refractivity contribution in [3.05, 3.63) is 23.7 Å². The molecular formula is C8H12O3. The first-order chi connectivity index (χ1) is 5.26. The molecule has 1 heterocycles. The second kappa shape index (κ2) is 5.53. The summed E-state index contributed by atoms with van der Waals surface area (Å²) in [5, 5.41) is 6.89. The van der Waals surface area contributed by atoms with Crippen LogP contribution in [0.2, 0.25) is 0 Å². The standard InChI is InChI=1S/C7H10O.CH2O2/c1-3-7-4-5-8-6(7)2;2-1-3/h4-5H,3H2,1-2H3;1H,(H,2,3). The van der Waals surface area contributed by atoms with E-state index in [2.05, 4.69) is 6.92 Å². The highest BCUT2D eigenvalue weighted by atomic mass is 16.3. The van der Waals surface area contributed by atoms with E-state index < -0.39 is 0 Å². The quantitative estimate of drug-likeness (QED) is 0.631. The van der Waals surface area contributed by atoms with Crippen molar-refractivity contribution in [3.8, 4) is 0 Å². The van der Waals surface area contributed by atoms with Crippen LogP contribution >= 0.6 is 0 Å². The third-order valence-electron chi connectivity index (χ3n) is 1.35. The van der Waals surface area contributed by atoms with E-state index >= 15 is 0 Å². The zero-order valence-corrected chi connectivity index (χ0v) is 6.70. The van der Waals surface area contributed by atoms with Crippen molar-refractivity contribution in [2.45, 2.75) is 20.3 Å². The van der Waals surface area contributed by atoms with Gasteiger partial charge in [-0.2, -0.15) is 0 Å². The van der Waals surface area contributed by atoms with Crippen LogP contribution in [0.3, 0.4) is 0 Å². The van der Waals surface area contributed by atoms with E-state index in [1.54, 1.807) is 6.26 Å². The predicted molar refractivity (Wildman–Crippen MR) is 41.5 cm³/mol. The Morgan fingerprint density at radius 1 is 1.73 bits per heavy atom. The maximum Gasteiger partial charge on any atom is 0.290 e. The summed E-state index contributed by atoms with van der Waals surface area (Å²) in [4.78, 5) is 8.36. The molecule has 0 fully saturated rings. The highest BCUT2D eigenvalue weighted by molar-refractivity contribution is 5.32. The molecule has 0 saturated heterocycles. The first kappa shape index (κ1) is 9.75. The highest BCUT2D eigenvalue weighted by Gasteiger charge is 1.94. The van der Waals surface area contributed by atoms with Crippen molar-refractivity contribution in [1.29, 1.82) is 0 Å². The monoisotopic (exact) mass is 156 g/mol. The van der Waals surface area contributed by atoms with Gasteiger partial charge in [0.05, 0.1) is 6.26 Å². The lowest BCUT2D eigenvalue weighted by atomic mass is 10.2. The Hall–Kier alpha value is -1.25. The van der Waals surface area contributed by atoms with Crippen LogP contribution in [0, 0.1) is 6.92 Å². The van der Waals surface area contributed by atoms with Crippen molar-refractivity contribution < 1.29 is 14.3 Å². The van der Waals surface area contributed by atoms with Gasteiger partial charge in [-0.25, -0.2) is 0 Å². The van der Waals surface area contributed by atoms with E-state index in [4.69, 9.17) is 14.3 Å². The summed E-state index contributed by atoms with van der Waals surface area (Å²) in [6.45, 7) is 3.86. The third kappa shape index (κ3) is 3.45. The van der Waals surface area contributed by atoms with Crippen LogP contribution in [0.1, 0.15) is 18.2 Å². The Kier molecular flexibility index (Phi) is 4.90. The lowest BCUT2D eigenvalue weighted by Gasteiger charge is -1.86. The molecule has 1 aromatic rings. The molecule has 1 rings (SSSR count). The molecule has 0 aliphatic rings. The molecule has 1 N–H and O–H groups in total. The fourth-order valence-corrected chi connectivity index (χ4v) is 0.778. The van der Waals surface area contributed by atoms with E-state index in [0.717, 1.165) is 12.2 Å². The van der Waals surface area contributed by atoms with E-state index in [9.17, 15) is 0 Å². The average molecular weight is 156 g/mol. The van der Waals surface area contributed by atoms with Gasteiger partial charge in [0.1, 0.15) is 5.76 Å². The number of furan rings is 1. The first-order valence-corrected chi connectivity index (χ1v) is 3.37. The Balaban J connectivity index is 0.000000292. The molecule has 0 unspecified atom stereocenters. The molecule has 1 aromatic heterocycles. The minimum absolute atomic E-state index is 0.250. The number of rotatable bonds is 1. The lowest BCUT2D eigenvalue weighted by Crippen LogP contribution is -1.75. The van der Waals surface area contributed by atoms with Crippen LogP contribution < -0.4 is 0 Å². The van der Waals surface area contributed by atoms with Crippen molar-refractivity contribution in [2.75, 3.05) is 0 Å². The largest absolute Gasteiger partial charge is 0.483 e. The summed E-state index contributed by atoms with van der Waals surface area (Å²) < 4.78 is 5.06. The number of hydrogen-bond donors (Lipinski definition) is 1. The summed E-state index contributed by atoms with van der Waals surface area (Å²) in [7, 11) is 0. The summed E-state index contributed by atoms with van der Waals surface area (Å²) in [5.41, 5.74) is 1.31. The molecule has 0 radical (unpaired) electrons. The van der Waals surface area contributed by atoms with Crippen molar-refractivity contribution in [2.24, 2.45) is 0 Å². The molecule has 0 spiro atoms. The van der Waals surface area contributed by atoms with Crippen LogP contribution in [-0.4, -0.2) is 11.6 Å². The Morgan fingerprint density at radius 2 is 2.27 bits per heavy atom. The SMILES string of the molecule is CCc1ccoc1C.O=CO. The third-order valence-corrected chi connectivity index (χ3v) is 1.35. The van der Waals surface area contributed by atoms with Gasteiger partial charge in [0.25, 0.3) is 6.47 Å². The fourth-order valence-electron chi connectivity index (χ4n) is 0.778. The topological polar surface area (TPSA) is 50.4 Å². The number of carboxylic acid groups (broad SMARTS) is 1. The molecular weight excluding hydrogens is 144 g/mol. The number of carbonyl (C=O) groups is 1. The van der Waals surface area contributed by atoms with Gasteiger partial charge in [0.2, 0.25) is 0 Å². The molecule has 62 valence electrons. The Bertz CT molecular complexity index is 203. The van der Waals surface area contributed by atoms with Crippen LogP contribution in [-0.2, 0) is 11.2 Å². The summed E-state index contributed by atoms with van der Waals surface area (Å²) in [5.74, 6) is 1.05. The summed E-state index contributed by atoms with van der Waals surface area (Å²) in [6.07, 6.45) is 2.80. The van der Waals surface area contributed by atoms with Gasteiger partial charge in [-0.3, -0.25) is 4.79 Å². The zero-order valence-electron chi connectivity index (χ0n) is 6.70. The van der Waals surface area contributed by atoms with Gasteiger partial charge in [0, 0.05) is 0 Å². The molecule has 0 aliphatic carbocycles. The van der Waals surface area contributed by atoms with Crippen molar-refractivity contribution in [1.82, 2.24) is 0 Å². The summed E-state index contributed by atoms with van der Waals surface area (Å²) in [6, 6.07) is 2.01. The van der Waals surface area contributed by atoms with Gasteiger partial charge in [0.15, 0.2) is 0 Å². The fraction of sp³-hybridized carbons (Fsp3) is 0.375. The molecule has 0 aliphatic heterocycles. The van der Waals surface area contributed by atoms with Gasteiger partial charge < -0.3 is 9.52 Å². The lowest BCUT2D eigenvalue weighted by molar-refractivity contribution is -0.122. The average Bonchev–Trinajstić information content (AvgIpc) is 2.36. The Morgan fingerprint density at radius 3 is 2.45 bits per heavy atom. The molecule has 0 atom stereocenters. The zero-order chi connectivity index (χ0) is 8.69. The Labute approximate surface area is 65.6 Å². The smallest absolute Gasteiger partial charge is 0.290 e. The van der Waals surface area contributed by atoms with Crippen LogP contribution in [0.5, 0.6) is 0 Å². The molecule has 3 heteroatoms. The first-order valence-electron chi connectivity index (χ1n) is 3.37. The van der Waals surface area contributed by atoms with Crippen molar-refractivity contribution >= 4 is 6.47 Å². The summed E-state index contributed by atoms with van der Waals surface area (Å²) >= 11 is 0. The number of aryl methyl sites for hydroxylation is 2. The molecule has 3 nitrogen and oxygen atoms in total. The van der Waals surface area contributed by atoms with Crippen molar-refractivity contribution in [3.63, 3.8) is 0 Å². The molecule has 0 amide bonds. The minimum Gasteiger partial charge on any atom is -0.483 e. The maximum absolute atomic E-state index is 8.36. The molecule has 11 heavy (non-hydrogen) atoms. The van der Waals surface area contributed by atoms with E-state index in [-0.39, 0.29) is 6.47 Å². The van der Waals surface area contributed by atoms with Gasteiger partial charge in [-0.05, 0) is 25.0 Å². The van der Waals surface area contributed by atoms with Crippen LogP contribution in [0.15, 0.2) is 16.7 Å². The van der Waals surface area contributed by atoms with E-state index in [1.165, 1.54) is 5.56 Å². The van der Waals surface area contributed by atoms with Gasteiger partial charge >= 0.3 is 0 Å². The number of hydrogen-bond acceptors (Lipinski definition) is 2. The highest BCUT2D eigenvalue weighted by Crippen LogP contribution is 2.07. The van der Waals surface area contributed by atoms with Gasteiger partial charge in [-0.1, -0.05) is 6.92 Å². The second-order valence-corrected chi connectivity index (χ2v) is 1.96. The van der Waals surface area contributed by atoms with Crippen LogP contribution in [0.4, 0.5) is 0 Å². The van der Waals surface area contributed by atoms with Gasteiger partial charge in [-0.15, -0.1) is 0 Å². The second-order valence-electron chi connectivity index (χ2n) is 1.96. The van der Waals surface area contributed by atoms with E-state index in [1.807, 2.05) is 13.0 Å². The maximum atomic E-state index is 8.36. The van der Waals surface area contributed by atoms with Crippen LogP contribution in [0.25, 0.3) is 0 Å². The molecule has 0 aromatic carbocycles.